The van der Waals surface area contributed by atoms with E-state index >= 15 is 0 Å². The van der Waals surface area contributed by atoms with Crippen molar-refractivity contribution in [1.82, 2.24) is 4.98 Å². The van der Waals surface area contributed by atoms with Crippen LogP contribution in [0.4, 0.5) is 5.69 Å². The Kier molecular flexibility index (Phi) is 5.05. The monoisotopic (exact) mass is 328 g/mol. The molecule has 4 nitrogen and oxygen atoms in total. The van der Waals surface area contributed by atoms with E-state index in [2.05, 4.69) is 40.6 Å². The Morgan fingerprint density at radius 3 is 2.74 bits per heavy atom. The van der Waals surface area contributed by atoms with Crippen molar-refractivity contribution in [3.8, 4) is 0 Å². The smallest absolute Gasteiger partial charge is 0.279 e. The van der Waals surface area contributed by atoms with Gasteiger partial charge in [-0.05, 0) is 29.3 Å². The summed E-state index contributed by atoms with van der Waals surface area (Å²) in [6.07, 6.45) is 4.82. The molecule has 23 heavy (non-hydrogen) atoms. The van der Waals surface area contributed by atoms with E-state index in [0.29, 0.717) is 17.4 Å². The number of nitrogens with zero attached hydrogens (tertiary/aromatic N) is 1. The molecule has 1 aromatic heterocycles. The summed E-state index contributed by atoms with van der Waals surface area (Å²) in [4.78, 5) is 17.4. The van der Waals surface area contributed by atoms with Gasteiger partial charge in [0.15, 0.2) is 11.7 Å². The van der Waals surface area contributed by atoms with E-state index in [-0.39, 0.29) is 5.91 Å². The molecule has 0 fully saturated rings. The van der Waals surface area contributed by atoms with Gasteiger partial charge in [-0.3, -0.25) is 4.79 Å². The van der Waals surface area contributed by atoms with Crippen LogP contribution in [0.1, 0.15) is 12.0 Å². The van der Waals surface area contributed by atoms with Gasteiger partial charge in [-0.15, -0.1) is 0 Å². The zero-order valence-corrected chi connectivity index (χ0v) is 13.5. The number of rotatable bonds is 4. The van der Waals surface area contributed by atoms with Crippen LogP contribution in [0.3, 0.4) is 0 Å². The molecule has 1 aromatic carbocycles. The number of aromatic nitrogens is 1. The lowest BCUT2D eigenvalue weighted by atomic mass is 10.00. The summed E-state index contributed by atoms with van der Waals surface area (Å²) in [7, 11) is 0. The Morgan fingerprint density at radius 2 is 2.04 bits per heavy atom. The summed E-state index contributed by atoms with van der Waals surface area (Å²) < 4.78 is 0. The topological polar surface area (TPSA) is 46.4 Å². The highest BCUT2D eigenvalue weighted by atomic mass is 35.5. The first-order valence-corrected chi connectivity index (χ1v) is 8.08. The fourth-order valence-electron chi connectivity index (χ4n) is 2.76. The van der Waals surface area contributed by atoms with Gasteiger partial charge < -0.3 is 10.2 Å². The molecule has 1 amide bonds. The van der Waals surface area contributed by atoms with Crippen LogP contribution in [0.5, 0.6) is 0 Å². The molecule has 1 atom stereocenters. The summed E-state index contributed by atoms with van der Waals surface area (Å²) in [6.45, 7) is 2.25. The van der Waals surface area contributed by atoms with Crippen LogP contribution in [-0.2, 0) is 4.79 Å². The largest absolute Gasteiger partial charge is 0.324 e. The van der Waals surface area contributed by atoms with Crippen LogP contribution >= 0.6 is 11.6 Å². The van der Waals surface area contributed by atoms with E-state index in [9.17, 15) is 4.79 Å². The minimum atomic E-state index is -0.0357. The van der Waals surface area contributed by atoms with Gasteiger partial charge in [-0.2, -0.15) is 0 Å². The predicted molar refractivity (Wildman–Crippen MR) is 92.5 cm³/mol. The lowest BCUT2D eigenvalue weighted by molar-refractivity contribution is -0.886. The van der Waals surface area contributed by atoms with Crippen LogP contribution in [-0.4, -0.2) is 30.5 Å². The fraction of sp³-hybridized carbons (Fsp3) is 0.222. The summed E-state index contributed by atoms with van der Waals surface area (Å²) in [5.41, 5.74) is 3.21. The number of amides is 1. The molecule has 1 unspecified atom stereocenters. The van der Waals surface area contributed by atoms with E-state index in [1.165, 1.54) is 16.0 Å². The molecule has 0 radical (unpaired) electrons. The zero-order valence-electron chi connectivity index (χ0n) is 12.8. The molecule has 5 heteroatoms. The lowest BCUT2D eigenvalue weighted by Gasteiger charge is -2.23. The average Bonchev–Trinajstić information content (AvgIpc) is 2.58. The zero-order chi connectivity index (χ0) is 16.1. The SMILES string of the molecule is O=C(C[NH+]1CC=C(c2ccccc2)CC1)Nc1cccnc1Cl. The molecule has 2 heterocycles. The fourth-order valence-corrected chi connectivity index (χ4v) is 2.93. The van der Waals surface area contributed by atoms with Gasteiger partial charge in [0.1, 0.15) is 0 Å². The molecule has 1 aliphatic heterocycles. The Labute approximate surface area is 140 Å². The second-order valence-electron chi connectivity index (χ2n) is 5.62. The van der Waals surface area contributed by atoms with Crippen molar-refractivity contribution in [3.63, 3.8) is 0 Å². The molecule has 0 bridgehead atoms. The predicted octanol–water partition coefficient (Wildman–Crippen LogP) is 2.05. The molecule has 3 rings (SSSR count). The average molecular weight is 329 g/mol. The molecular formula is C18H19ClN3O+. The summed E-state index contributed by atoms with van der Waals surface area (Å²) >= 11 is 5.96. The number of hydrogen-bond donors (Lipinski definition) is 2. The van der Waals surface area contributed by atoms with E-state index in [0.717, 1.165) is 19.5 Å². The van der Waals surface area contributed by atoms with Crippen LogP contribution in [0.2, 0.25) is 5.15 Å². The van der Waals surface area contributed by atoms with Gasteiger partial charge in [-0.25, -0.2) is 4.98 Å². The second kappa shape index (κ2) is 7.40. The highest BCUT2D eigenvalue weighted by Crippen LogP contribution is 2.18. The van der Waals surface area contributed by atoms with Crippen LogP contribution in [0.15, 0.2) is 54.7 Å². The van der Waals surface area contributed by atoms with Gasteiger partial charge in [-0.1, -0.05) is 41.9 Å². The first kappa shape index (κ1) is 15.7. The molecule has 0 saturated heterocycles. The first-order valence-electron chi connectivity index (χ1n) is 7.71. The number of benzene rings is 1. The van der Waals surface area contributed by atoms with Crippen molar-refractivity contribution in [2.45, 2.75) is 6.42 Å². The minimum Gasteiger partial charge on any atom is -0.324 e. The third-order valence-electron chi connectivity index (χ3n) is 3.97. The highest BCUT2D eigenvalue weighted by molar-refractivity contribution is 6.32. The molecule has 0 aliphatic carbocycles. The van der Waals surface area contributed by atoms with Crippen molar-refractivity contribution in [1.29, 1.82) is 0 Å². The van der Waals surface area contributed by atoms with Crippen LogP contribution in [0, 0.1) is 0 Å². The van der Waals surface area contributed by atoms with E-state index in [1.807, 2.05) is 6.07 Å². The molecule has 0 saturated carbocycles. The molecule has 1 aliphatic rings. The van der Waals surface area contributed by atoms with Crippen LogP contribution < -0.4 is 10.2 Å². The Balaban J connectivity index is 1.55. The summed E-state index contributed by atoms with van der Waals surface area (Å²) in [5.74, 6) is -0.0357. The van der Waals surface area contributed by atoms with E-state index < -0.39 is 0 Å². The third-order valence-corrected chi connectivity index (χ3v) is 4.27. The third kappa shape index (κ3) is 4.18. The molecule has 2 N–H and O–H groups in total. The lowest BCUT2D eigenvalue weighted by Crippen LogP contribution is -3.13. The Morgan fingerprint density at radius 1 is 1.22 bits per heavy atom. The van der Waals surface area contributed by atoms with Crippen molar-refractivity contribution in [3.05, 3.63) is 65.5 Å². The number of hydrogen-bond acceptors (Lipinski definition) is 2. The van der Waals surface area contributed by atoms with E-state index in [4.69, 9.17) is 11.6 Å². The van der Waals surface area contributed by atoms with Crippen molar-refractivity contribution < 1.29 is 9.69 Å². The van der Waals surface area contributed by atoms with E-state index in [1.54, 1.807) is 18.3 Å². The Bertz CT molecular complexity index is 715. The van der Waals surface area contributed by atoms with Gasteiger partial charge in [0.2, 0.25) is 0 Å². The molecule has 2 aromatic rings. The molecular weight excluding hydrogens is 310 g/mol. The Hall–Kier alpha value is -2.17. The molecule has 118 valence electrons. The number of halogens is 1. The number of pyridine rings is 1. The quantitative estimate of drug-likeness (QED) is 0.844. The maximum Gasteiger partial charge on any atom is 0.279 e. The summed E-state index contributed by atoms with van der Waals surface area (Å²) in [5, 5.41) is 3.15. The number of carbonyl (C=O) groups is 1. The van der Waals surface area contributed by atoms with Crippen molar-refractivity contribution in [2.75, 3.05) is 25.0 Å². The normalized spacial score (nSPS) is 17.4. The number of carbonyl (C=O) groups excluding carboxylic acids is 1. The van der Waals surface area contributed by atoms with Gasteiger partial charge in [0, 0.05) is 12.6 Å². The van der Waals surface area contributed by atoms with Gasteiger partial charge in [0.25, 0.3) is 5.91 Å². The van der Waals surface area contributed by atoms with Crippen LogP contribution in [0.25, 0.3) is 5.57 Å². The van der Waals surface area contributed by atoms with Crippen molar-refractivity contribution >= 4 is 28.8 Å². The molecule has 0 spiro atoms. The maximum absolute atomic E-state index is 12.1. The van der Waals surface area contributed by atoms with Gasteiger partial charge in [0.05, 0.1) is 18.8 Å². The number of quaternary nitrogens is 1. The maximum atomic E-state index is 12.1. The highest BCUT2D eigenvalue weighted by Gasteiger charge is 2.19. The summed E-state index contributed by atoms with van der Waals surface area (Å²) in [6, 6.07) is 13.9. The second-order valence-corrected chi connectivity index (χ2v) is 5.97. The first-order chi connectivity index (χ1) is 11.2. The number of nitrogens with one attached hydrogen (secondary N) is 2. The minimum absolute atomic E-state index is 0.0357. The number of anilines is 1. The standard InChI is InChI=1S/C18H18ClN3O/c19-18-16(7-4-10-20-18)21-17(23)13-22-11-8-15(9-12-22)14-5-2-1-3-6-14/h1-8,10H,9,11-13H2,(H,21,23)/p+1. The van der Waals surface area contributed by atoms with Crippen molar-refractivity contribution in [2.24, 2.45) is 0 Å². The van der Waals surface area contributed by atoms with Gasteiger partial charge >= 0.3 is 0 Å².